The average Bonchev–Trinajstić information content (AvgIpc) is 3.40. The summed E-state index contributed by atoms with van der Waals surface area (Å²) in [6, 6.07) is 0.358. The zero-order valence-corrected chi connectivity index (χ0v) is 16.7. The van der Waals surface area contributed by atoms with Crippen molar-refractivity contribution in [3.63, 3.8) is 0 Å². The van der Waals surface area contributed by atoms with E-state index in [-0.39, 0.29) is 18.4 Å². The van der Waals surface area contributed by atoms with Crippen LogP contribution < -0.4 is 10.6 Å². The van der Waals surface area contributed by atoms with Gasteiger partial charge in [0.05, 0.1) is 6.61 Å². The summed E-state index contributed by atoms with van der Waals surface area (Å²) >= 11 is 0. The summed E-state index contributed by atoms with van der Waals surface area (Å²) < 4.78 is 47.7. The second-order valence-electron chi connectivity index (χ2n) is 8.54. The summed E-state index contributed by atoms with van der Waals surface area (Å²) in [5, 5.41) is 0. The van der Waals surface area contributed by atoms with E-state index in [0.717, 1.165) is 19.4 Å². The van der Waals surface area contributed by atoms with E-state index in [9.17, 15) is 13.2 Å². The van der Waals surface area contributed by atoms with Crippen LogP contribution in [0.1, 0.15) is 42.2 Å². The van der Waals surface area contributed by atoms with Crippen molar-refractivity contribution in [2.24, 2.45) is 10.9 Å². The van der Waals surface area contributed by atoms with Crippen LogP contribution in [0, 0.1) is 5.92 Å². The maximum Gasteiger partial charge on any atom is 0.421 e. The molecule has 2 bridgehead atoms. The van der Waals surface area contributed by atoms with Crippen molar-refractivity contribution < 1.29 is 17.9 Å². The standard InChI is InChI=1S/C19H21F3N8O/c1-28-14(10-6-24-18(23)25-7-10)27-15(30-8-9-4-11(30)5-9)12-17(28)29-2-3-31-13(16(29)26-12)19(20,21)22/h6-7,9,11,13-14H,2-5,8H2,1H3,(H2,23,24,25)/t9?,11?,13-,14?/m0/s1. The molecule has 2 aromatic heterocycles. The molecule has 31 heavy (non-hydrogen) atoms. The highest BCUT2D eigenvalue weighted by Gasteiger charge is 2.51. The number of nitrogens with zero attached hydrogens (tertiary/aromatic N) is 7. The van der Waals surface area contributed by atoms with Gasteiger partial charge >= 0.3 is 6.18 Å². The lowest BCUT2D eigenvalue weighted by Gasteiger charge is -2.37. The number of halogens is 3. The number of hydrogen-bond acceptors (Lipinski definition) is 8. The van der Waals surface area contributed by atoms with E-state index in [1.54, 1.807) is 24.0 Å². The number of ether oxygens (including phenoxy) is 1. The normalized spacial score (nSPS) is 29.4. The molecule has 2 aromatic rings. The Balaban J connectivity index is 1.51. The number of nitrogens with two attached hydrogens (primary N) is 1. The quantitative estimate of drug-likeness (QED) is 0.732. The van der Waals surface area contributed by atoms with Gasteiger partial charge < -0.3 is 24.8 Å². The van der Waals surface area contributed by atoms with E-state index in [1.807, 2.05) is 4.90 Å². The third kappa shape index (κ3) is 2.73. The zero-order chi connectivity index (χ0) is 21.5. The first-order chi connectivity index (χ1) is 14.8. The van der Waals surface area contributed by atoms with E-state index in [1.165, 1.54) is 0 Å². The smallest absolute Gasteiger partial charge is 0.368 e. The molecule has 164 valence electrons. The van der Waals surface area contributed by atoms with Gasteiger partial charge in [-0.25, -0.2) is 19.9 Å². The summed E-state index contributed by atoms with van der Waals surface area (Å²) in [5.41, 5.74) is 6.83. The van der Waals surface area contributed by atoms with E-state index >= 15 is 0 Å². The fourth-order valence-electron chi connectivity index (χ4n) is 5.13. The molecule has 12 heteroatoms. The fourth-order valence-corrected chi connectivity index (χ4v) is 5.13. The minimum atomic E-state index is -4.54. The SMILES string of the molecule is CN1c2c(nc3n2CCO[C@@H]3C(F)(F)F)C(N2CC3CC2C3)=NC1c1cnc(N)nc1. The third-order valence-electron chi connectivity index (χ3n) is 6.63. The second-order valence-corrected chi connectivity index (χ2v) is 8.54. The minimum absolute atomic E-state index is 0.0373. The highest BCUT2D eigenvalue weighted by Crippen LogP contribution is 2.46. The van der Waals surface area contributed by atoms with Gasteiger partial charge in [0.2, 0.25) is 12.1 Å². The first kappa shape index (κ1) is 18.8. The Kier molecular flexibility index (Phi) is 3.84. The third-order valence-corrected chi connectivity index (χ3v) is 6.63. The number of rotatable bonds is 1. The van der Waals surface area contributed by atoms with Crippen LogP contribution in [0.15, 0.2) is 17.4 Å². The summed E-state index contributed by atoms with van der Waals surface area (Å²) in [6.07, 6.45) is -1.70. The molecule has 1 saturated carbocycles. The number of aromatic nitrogens is 4. The van der Waals surface area contributed by atoms with Gasteiger partial charge in [-0.2, -0.15) is 13.2 Å². The van der Waals surface area contributed by atoms with Crippen LogP contribution in [0.5, 0.6) is 0 Å². The number of aliphatic imine (C=N–C) groups is 1. The highest BCUT2D eigenvalue weighted by atomic mass is 19.4. The summed E-state index contributed by atoms with van der Waals surface area (Å²) in [5.74, 6) is 1.90. The lowest BCUT2D eigenvalue weighted by Crippen LogP contribution is -2.41. The Morgan fingerprint density at radius 2 is 1.94 bits per heavy atom. The van der Waals surface area contributed by atoms with Crippen molar-refractivity contribution in [3.8, 4) is 0 Å². The second kappa shape index (κ2) is 6.31. The van der Waals surface area contributed by atoms with Crippen molar-refractivity contribution in [3.05, 3.63) is 29.5 Å². The summed E-state index contributed by atoms with van der Waals surface area (Å²) in [7, 11) is 1.80. The van der Waals surface area contributed by atoms with Gasteiger partial charge in [-0.3, -0.25) is 0 Å². The molecule has 0 amide bonds. The molecule has 5 aliphatic rings. The molecule has 4 aliphatic heterocycles. The first-order valence-corrected chi connectivity index (χ1v) is 10.2. The van der Waals surface area contributed by atoms with Crippen molar-refractivity contribution in [2.75, 3.05) is 30.8 Å². The number of imidazole rings is 1. The number of fused-ring (bicyclic) bond motifs is 4. The lowest BCUT2D eigenvalue weighted by molar-refractivity contribution is -0.233. The Bertz CT molecular complexity index is 1060. The molecule has 7 rings (SSSR count). The highest BCUT2D eigenvalue weighted by molar-refractivity contribution is 6.03. The summed E-state index contributed by atoms with van der Waals surface area (Å²) in [6.45, 7) is 1.10. The molecule has 1 unspecified atom stereocenters. The van der Waals surface area contributed by atoms with Gasteiger partial charge in [0.15, 0.2) is 12.0 Å². The van der Waals surface area contributed by atoms with Crippen LogP contribution in [-0.4, -0.2) is 62.7 Å². The molecule has 0 spiro atoms. The molecule has 0 radical (unpaired) electrons. The van der Waals surface area contributed by atoms with Gasteiger partial charge in [0.1, 0.15) is 17.3 Å². The predicted molar refractivity (Wildman–Crippen MR) is 104 cm³/mol. The molecule has 2 saturated heterocycles. The monoisotopic (exact) mass is 434 g/mol. The molecule has 1 aliphatic carbocycles. The Hall–Kier alpha value is -2.89. The molecular formula is C19H21F3N8O. The Morgan fingerprint density at radius 1 is 1.19 bits per heavy atom. The van der Waals surface area contributed by atoms with Crippen LogP contribution in [-0.2, 0) is 11.3 Å². The van der Waals surface area contributed by atoms with Gasteiger partial charge in [-0.1, -0.05) is 0 Å². The van der Waals surface area contributed by atoms with Crippen molar-refractivity contribution in [1.29, 1.82) is 0 Å². The number of alkyl halides is 3. The van der Waals surface area contributed by atoms with Gasteiger partial charge in [0.25, 0.3) is 0 Å². The molecule has 2 atom stereocenters. The van der Waals surface area contributed by atoms with Gasteiger partial charge in [0, 0.05) is 44.1 Å². The Labute approximate surface area is 175 Å². The van der Waals surface area contributed by atoms with E-state index in [4.69, 9.17) is 15.5 Å². The van der Waals surface area contributed by atoms with Gasteiger partial charge in [-0.15, -0.1) is 0 Å². The number of hydrogen-bond donors (Lipinski definition) is 1. The van der Waals surface area contributed by atoms with Crippen LogP contribution in [0.25, 0.3) is 0 Å². The van der Waals surface area contributed by atoms with Crippen LogP contribution in [0.4, 0.5) is 24.9 Å². The fraction of sp³-hybridized carbons (Fsp3) is 0.579. The largest absolute Gasteiger partial charge is 0.421 e. The minimum Gasteiger partial charge on any atom is -0.368 e. The van der Waals surface area contributed by atoms with Gasteiger partial charge in [-0.05, 0) is 18.8 Å². The van der Waals surface area contributed by atoms with E-state index in [0.29, 0.717) is 41.4 Å². The van der Waals surface area contributed by atoms with Crippen molar-refractivity contribution in [2.45, 2.75) is 43.9 Å². The zero-order valence-electron chi connectivity index (χ0n) is 16.7. The number of nitrogen functional groups attached to an aromatic ring is 1. The topological polar surface area (TPSA) is 97.7 Å². The molecule has 3 fully saturated rings. The maximum absolute atomic E-state index is 13.7. The first-order valence-electron chi connectivity index (χ1n) is 10.2. The molecule has 0 aromatic carbocycles. The molecule has 6 heterocycles. The number of anilines is 2. The molecule has 9 nitrogen and oxygen atoms in total. The van der Waals surface area contributed by atoms with Crippen molar-refractivity contribution in [1.82, 2.24) is 24.4 Å². The predicted octanol–water partition coefficient (Wildman–Crippen LogP) is 1.88. The lowest BCUT2D eigenvalue weighted by atomic mass is 9.86. The number of amidine groups is 1. The molecule has 2 N–H and O–H groups in total. The van der Waals surface area contributed by atoms with Crippen LogP contribution >= 0.6 is 0 Å². The van der Waals surface area contributed by atoms with Crippen molar-refractivity contribution >= 4 is 17.6 Å². The summed E-state index contributed by atoms with van der Waals surface area (Å²) in [4.78, 5) is 21.6. The average molecular weight is 434 g/mol. The van der Waals surface area contributed by atoms with Crippen LogP contribution in [0.3, 0.4) is 0 Å². The van der Waals surface area contributed by atoms with E-state index < -0.39 is 18.4 Å². The Morgan fingerprint density at radius 3 is 2.58 bits per heavy atom. The van der Waals surface area contributed by atoms with Crippen LogP contribution in [0.2, 0.25) is 0 Å². The maximum atomic E-state index is 13.7. The molecular weight excluding hydrogens is 413 g/mol. The van der Waals surface area contributed by atoms with E-state index in [2.05, 4.69) is 19.9 Å².